The van der Waals surface area contributed by atoms with Crippen LogP contribution in [0.4, 0.5) is 5.69 Å². The lowest BCUT2D eigenvalue weighted by atomic mass is 10.2. The van der Waals surface area contributed by atoms with E-state index in [1.54, 1.807) is 36.4 Å². The molecule has 0 atom stereocenters. The number of esters is 1. The third-order valence-corrected chi connectivity index (χ3v) is 3.53. The zero-order valence-corrected chi connectivity index (χ0v) is 14.6. The summed E-state index contributed by atoms with van der Waals surface area (Å²) in [6.45, 7) is 4.38. The van der Waals surface area contributed by atoms with Gasteiger partial charge in [-0.05, 0) is 49.7 Å². The average Bonchev–Trinajstić information content (AvgIpc) is 2.62. The minimum atomic E-state index is -0.542. The van der Waals surface area contributed by atoms with E-state index in [1.807, 2.05) is 19.1 Å². The summed E-state index contributed by atoms with van der Waals surface area (Å²) in [7, 11) is 0. The molecule has 0 aliphatic heterocycles. The highest BCUT2D eigenvalue weighted by molar-refractivity contribution is 5.95. The Morgan fingerprint density at radius 3 is 2.32 bits per heavy atom. The van der Waals surface area contributed by atoms with Gasteiger partial charge in [-0.2, -0.15) is 0 Å². The maximum atomic E-state index is 12.0. The van der Waals surface area contributed by atoms with Crippen LogP contribution in [0.25, 0.3) is 0 Å². The second-order valence-corrected chi connectivity index (χ2v) is 5.72. The summed E-state index contributed by atoms with van der Waals surface area (Å²) in [6, 6.07) is 14.1. The van der Waals surface area contributed by atoms with Crippen LogP contribution in [0.15, 0.2) is 48.5 Å². The summed E-state index contributed by atoms with van der Waals surface area (Å²) in [4.78, 5) is 23.8. The Morgan fingerprint density at radius 1 is 1.00 bits per heavy atom. The first-order valence-electron chi connectivity index (χ1n) is 8.35. The lowest BCUT2D eigenvalue weighted by Crippen LogP contribution is -2.20. The standard InChI is InChI=1S/C20H23NO4/c1-3-4-13-24-18-11-7-16(8-12-18)20(23)25-14-19(22)21-17-9-5-15(2)6-10-17/h5-12H,3-4,13-14H2,1-2H3,(H,21,22). The van der Waals surface area contributed by atoms with Crippen molar-refractivity contribution in [2.75, 3.05) is 18.5 Å². The second kappa shape index (κ2) is 9.47. The van der Waals surface area contributed by atoms with Gasteiger partial charge in [0.25, 0.3) is 5.91 Å². The Morgan fingerprint density at radius 2 is 1.68 bits per heavy atom. The van der Waals surface area contributed by atoms with Crippen molar-refractivity contribution in [3.8, 4) is 5.75 Å². The van der Waals surface area contributed by atoms with Gasteiger partial charge in [-0.25, -0.2) is 4.79 Å². The minimum Gasteiger partial charge on any atom is -0.494 e. The Bertz CT molecular complexity index is 693. The molecule has 1 N–H and O–H groups in total. The molecule has 2 rings (SSSR count). The van der Waals surface area contributed by atoms with Gasteiger partial charge in [0.15, 0.2) is 6.61 Å². The van der Waals surface area contributed by atoms with Crippen LogP contribution in [-0.2, 0) is 9.53 Å². The number of unbranched alkanes of at least 4 members (excludes halogenated alkanes) is 1. The number of rotatable bonds is 8. The number of anilines is 1. The number of carbonyl (C=O) groups excluding carboxylic acids is 2. The van der Waals surface area contributed by atoms with Gasteiger partial charge < -0.3 is 14.8 Å². The van der Waals surface area contributed by atoms with Gasteiger partial charge in [-0.3, -0.25) is 4.79 Å². The molecule has 0 saturated carbocycles. The summed E-state index contributed by atoms with van der Waals surface area (Å²) in [5.74, 6) is -0.210. The van der Waals surface area contributed by atoms with Gasteiger partial charge in [-0.15, -0.1) is 0 Å². The maximum Gasteiger partial charge on any atom is 0.338 e. The molecule has 1 amide bonds. The van der Waals surface area contributed by atoms with Gasteiger partial charge in [0.1, 0.15) is 5.75 Å². The van der Waals surface area contributed by atoms with Crippen molar-refractivity contribution < 1.29 is 19.1 Å². The van der Waals surface area contributed by atoms with Crippen molar-refractivity contribution >= 4 is 17.6 Å². The van der Waals surface area contributed by atoms with E-state index in [2.05, 4.69) is 12.2 Å². The van der Waals surface area contributed by atoms with Gasteiger partial charge >= 0.3 is 5.97 Å². The first kappa shape index (κ1) is 18.5. The molecule has 5 nitrogen and oxygen atoms in total. The molecule has 25 heavy (non-hydrogen) atoms. The van der Waals surface area contributed by atoms with Gasteiger partial charge in [0.2, 0.25) is 0 Å². The van der Waals surface area contributed by atoms with E-state index in [1.165, 1.54) is 0 Å². The molecule has 0 unspecified atom stereocenters. The van der Waals surface area contributed by atoms with Gasteiger partial charge in [0.05, 0.1) is 12.2 Å². The predicted octanol–water partition coefficient (Wildman–Crippen LogP) is 3.97. The largest absolute Gasteiger partial charge is 0.494 e. The molecule has 0 spiro atoms. The summed E-state index contributed by atoms with van der Waals surface area (Å²) in [5.41, 5.74) is 2.15. The van der Waals surface area contributed by atoms with Crippen molar-refractivity contribution in [1.82, 2.24) is 0 Å². The fraction of sp³-hybridized carbons (Fsp3) is 0.300. The highest BCUT2D eigenvalue weighted by Gasteiger charge is 2.10. The number of benzene rings is 2. The quantitative estimate of drug-likeness (QED) is 0.583. The van der Waals surface area contributed by atoms with Gasteiger partial charge in [-0.1, -0.05) is 31.0 Å². The number of carbonyl (C=O) groups is 2. The average molecular weight is 341 g/mol. The highest BCUT2D eigenvalue weighted by Crippen LogP contribution is 2.14. The molecule has 0 bridgehead atoms. The molecule has 0 radical (unpaired) electrons. The molecule has 5 heteroatoms. The van der Waals surface area contributed by atoms with Crippen molar-refractivity contribution in [3.05, 3.63) is 59.7 Å². The SMILES string of the molecule is CCCCOc1ccc(C(=O)OCC(=O)Nc2ccc(C)cc2)cc1. The third kappa shape index (κ3) is 6.30. The summed E-state index contributed by atoms with van der Waals surface area (Å²) in [5, 5.41) is 2.68. The highest BCUT2D eigenvalue weighted by atomic mass is 16.5. The van der Waals surface area contributed by atoms with Crippen LogP contribution in [0.3, 0.4) is 0 Å². The van der Waals surface area contributed by atoms with Crippen molar-refractivity contribution in [2.24, 2.45) is 0 Å². The molecule has 2 aromatic carbocycles. The number of nitrogens with one attached hydrogen (secondary N) is 1. The number of ether oxygens (including phenoxy) is 2. The first-order valence-corrected chi connectivity index (χ1v) is 8.35. The van der Waals surface area contributed by atoms with E-state index in [-0.39, 0.29) is 12.5 Å². The van der Waals surface area contributed by atoms with E-state index in [9.17, 15) is 9.59 Å². The lowest BCUT2D eigenvalue weighted by molar-refractivity contribution is -0.119. The monoisotopic (exact) mass is 341 g/mol. The maximum absolute atomic E-state index is 12.0. The van der Waals surface area contributed by atoms with Crippen LogP contribution in [0.1, 0.15) is 35.7 Å². The molecule has 0 fully saturated rings. The molecule has 0 aromatic heterocycles. The Kier molecular flexibility index (Phi) is 7.01. The third-order valence-electron chi connectivity index (χ3n) is 3.53. The molecular formula is C20H23NO4. The fourth-order valence-electron chi connectivity index (χ4n) is 2.07. The minimum absolute atomic E-state index is 0.332. The van der Waals surface area contributed by atoms with E-state index >= 15 is 0 Å². The van der Waals surface area contributed by atoms with Gasteiger partial charge in [0, 0.05) is 5.69 Å². The molecular weight excluding hydrogens is 318 g/mol. The van der Waals surface area contributed by atoms with E-state index in [4.69, 9.17) is 9.47 Å². The van der Waals surface area contributed by atoms with Crippen molar-refractivity contribution in [3.63, 3.8) is 0 Å². The molecule has 0 saturated heterocycles. The molecule has 0 heterocycles. The van der Waals surface area contributed by atoms with Crippen LogP contribution >= 0.6 is 0 Å². The summed E-state index contributed by atoms with van der Waals surface area (Å²) >= 11 is 0. The van der Waals surface area contributed by atoms with Crippen LogP contribution in [0.2, 0.25) is 0 Å². The Balaban J connectivity index is 1.79. The molecule has 0 aliphatic rings. The smallest absolute Gasteiger partial charge is 0.338 e. The topological polar surface area (TPSA) is 64.6 Å². The molecule has 2 aromatic rings. The summed E-state index contributed by atoms with van der Waals surface area (Å²) < 4.78 is 10.6. The fourth-order valence-corrected chi connectivity index (χ4v) is 2.07. The van der Waals surface area contributed by atoms with Crippen molar-refractivity contribution in [1.29, 1.82) is 0 Å². The Labute approximate surface area is 148 Å². The number of hydrogen-bond donors (Lipinski definition) is 1. The second-order valence-electron chi connectivity index (χ2n) is 5.72. The summed E-state index contributed by atoms with van der Waals surface area (Å²) in [6.07, 6.45) is 2.05. The number of hydrogen-bond acceptors (Lipinski definition) is 4. The zero-order valence-electron chi connectivity index (χ0n) is 14.6. The normalized spacial score (nSPS) is 10.2. The van der Waals surface area contributed by atoms with E-state index in [0.717, 1.165) is 18.4 Å². The zero-order chi connectivity index (χ0) is 18.1. The Hall–Kier alpha value is -2.82. The van der Waals surface area contributed by atoms with Crippen LogP contribution < -0.4 is 10.1 Å². The number of amides is 1. The van der Waals surface area contributed by atoms with Crippen molar-refractivity contribution in [2.45, 2.75) is 26.7 Å². The van der Waals surface area contributed by atoms with Crippen LogP contribution in [-0.4, -0.2) is 25.1 Å². The molecule has 132 valence electrons. The van der Waals surface area contributed by atoms with E-state index in [0.29, 0.717) is 23.6 Å². The number of aryl methyl sites for hydroxylation is 1. The molecule has 0 aliphatic carbocycles. The van der Waals surface area contributed by atoms with E-state index < -0.39 is 5.97 Å². The first-order chi connectivity index (χ1) is 12.1. The van der Waals surface area contributed by atoms with Crippen LogP contribution in [0.5, 0.6) is 5.75 Å². The van der Waals surface area contributed by atoms with Crippen LogP contribution in [0, 0.1) is 6.92 Å². The predicted molar refractivity (Wildman–Crippen MR) is 96.9 cm³/mol. The lowest BCUT2D eigenvalue weighted by Gasteiger charge is -2.08.